The van der Waals surface area contributed by atoms with Crippen molar-refractivity contribution in [1.82, 2.24) is 0 Å². The molecule has 0 N–H and O–H groups in total. The van der Waals surface area contributed by atoms with Crippen LogP contribution in [0, 0.1) is 0 Å². The molecule has 0 heterocycles. The van der Waals surface area contributed by atoms with Gasteiger partial charge in [0.05, 0.1) is 7.11 Å². The summed E-state index contributed by atoms with van der Waals surface area (Å²) in [6, 6.07) is 8.03. The molecule has 0 radical (unpaired) electrons. The summed E-state index contributed by atoms with van der Waals surface area (Å²) >= 11 is 0. The van der Waals surface area contributed by atoms with Gasteiger partial charge < -0.3 is 4.74 Å². The van der Waals surface area contributed by atoms with Crippen molar-refractivity contribution >= 4 is 6.08 Å². The molecule has 0 saturated heterocycles. The van der Waals surface area contributed by atoms with Crippen LogP contribution in [0.5, 0.6) is 5.75 Å². The Balaban J connectivity index is 2.85. The fraction of sp³-hybridized carbons (Fsp3) is 0.273. The SMILES string of the molecule is COc1ccc(C=C(C)C)cc1. The first-order chi connectivity index (χ1) is 5.72. The molecule has 0 saturated carbocycles. The fourth-order valence-corrected chi connectivity index (χ4v) is 1.03. The van der Waals surface area contributed by atoms with Crippen LogP contribution in [0.3, 0.4) is 0 Å². The molecule has 1 heteroatoms. The van der Waals surface area contributed by atoms with Crippen molar-refractivity contribution in [2.75, 3.05) is 7.11 Å². The highest BCUT2D eigenvalue weighted by atomic mass is 16.5. The van der Waals surface area contributed by atoms with Crippen LogP contribution in [-0.2, 0) is 0 Å². The topological polar surface area (TPSA) is 9.23 Å². The maximum atomic E-state index is 5.05. The van der Waals surface area contributed by atoms with Crippen LogP contribution in [0.2, 0.25) is 0 Å². The second-order valence-electron chi connectivity index (χ2n) is 2.99. The van der Waals surface area contributed by atoms with Crippen molar-refractivity contribution < 1.29 is 4.74 Å². The van der Waals surface area contributed by atoms with Crippen LogP contribution in [0.15, 0.2) is 29.8 Å². The van der Waals surface area contributed by atoms with E-state index in [0.717, 1.165) is 5.75 Å². The molecule has 0 aliphatic carbocycles. The van der Waals surface area contributed by atoms with Crippen molar-refractivity contribution in [2.45, 2.75) is 13.8 Å². The van der Waals surface area contributed by atoms with Gasteiger partial charge in [-0.15, -0.1) is 0 Å². The van der Waals surface area contributed by atoms with Crippen LogP contribution >= 0.6 is 0 Å². The molecule has 0 aromatic heterocycles. The monoisotopic (exact) mass is 162 g/mol. The van der Waals surface area contributed by atoms with Crippen molar-refractivity contribution in [3.05, 3.63) is 35.4 Å². The summed E-state index contributed by atoms with van der Waals surface area (Å²) in [5.41, 5.74) is 2.52. The number of rotatable bonds is 2. The number of hydrogen-bond donors (Lipinski definition) is 0. The normalized spacial score (nSPS) is 9.25. The first-order valence-corrected chi connectivity index (χ1v) is 4.01. The third-order valence-corrected chi connectivity index (χ3v) is 1.57. The molecule has 0 amide bonds. The Morgan fingerprint density at radius 1 is 1.17 bits per heavy atom. The molecule has 0 fully saturated rings. The first kappa shape index (κ1) is 8.85. The van der Waals surface area contributed by atoms with Gasteiger partial charge in [0.15, 0.2) is 0 Å². The predicted octanol–water partition coefficient (Wildman–Crippen LogP) is 3.12. The Morgan fingerprint density at radius 2 is 1.75 bits per heavy atom. The highest BCUT2D eigenvalue weighted by Gasteiger charge is 1.89. The van der Waals surface area contributed by atoms with E-state index in [1.165, 1.54) is 11.1 Å². The van der Waals surface area contributed by atoms with Gasteiger partial charge in [0.1, 0.15) is 5.75 Å². The molecule has 1 aromatic carbocycles. The number of hydrogen-bond acceptors (Lipinski definition) is 1. The standard InChI is InChI=1S/C11H14O/c1-9(2)8-10-4-6-11(12-3)7-5-10/h4-8H,1-3H3. The van der Waals surface area contributed by atoms with E-state index < -0.39 is 0 Å². The molecule has 12 heavy (non-hydrogen) atoms. The van der Waals surface area contributed by atoms with E-state index in [4.69, 9.17) is 4.74 Å². The summed E-state index contributed by atoms with van der Waals surface area (Å²) in [6.07, 6.45) is 2.14. The van der Waals surface area contributed by atoms with Crippen LogP contribution in [0.1, 0.15) is 19.4 Å². The zero-order chi connectivity index (χ0) is 8.97. The Hall–Kier alpha value is -1.24. The summed E-state index contributed by atoms with van der Waals surface area (Å²) < 4.78 is 5.05. The third kappa shape index (κ3) is 2.42. The van der Waals surface area contributed by atoms with Crippen molar-refractivity contribution in [1.29, 1.82) is 0 Å². The van der Waals surface area contributed by atoms with E-state index in [1.807, 2.05) is 24.3 Å². The minimum Gasteiger partial charge on any atom is -0.497 e. The molecule has 1 rings (SSSR count). The lowest BCUT2D eigenvalue weighted by Gasteiger charge is -1.99. The number of benzene rings is 1. The molecule has 0 atom stereocenters. The van der Waals surface area contributed by atoms with Gasteiger partial charge in [-0.1, -0.05) is 23.8 Å². The van der Waals surface area contributed by atoms with Gasteiger partial charge in [-0.25, -0.2) is 0 Å². The van der Waals surface area contributed by atoms with Gasteiger partial charge in [-0.05, 0) is 31.5 Å². The average Bonchev–Trinajstić information content (AvgIpc) is 2.05. The van der Waals surface area contributed by atoms with Gasteiger partial charge in [-0.2, -0.15) is 0 Å². The highest BCUT2D eigenvalue weighted by molar-refractivity contribution is 5.52. The van der Waals surface area contributed by atoms with E-state index >= 15 is 0 Å². The lowest BCUT2D eigenvalue weighted by Crippen LogP contribution is -1.81. The molecule has 0 aliphatic rings. The van der Waals surface area contributed by atoms with E-state index in [-0.39, 0.29) is 0 Å². The van der Waals surface area contributed by atoms with Crippen LogP contribution < -0.4 is 4.74 Å². The number of ether oxygens (including phenoxy) is 1. The van der Waals surface area contributed by atoms with Gasteiger partial charge in [0.25, 0.3) is 0 Å². The maximum Gasteiger partial charge on any atom is 0.118 e. The molecular formula is C11H14O. The summed E-state index contributed by atoms with van der Waals surface area (Å²) in [7, 11) is 1.68. The number of methoxy groups -OCH3 is 1. The molecule has 1 nitrogen and oxygen atoms in total. The first-order valence-electron chi connectivity index (χ1n) is 4.01. The number of allylic oxidation sites excluding steroid dienone is 1. The fourth-order valence-electron chi connectivity index (χ4n) is 1.03. The Bertz CT molecular complexity index is 266. The van der Waals surface area contributed by atoms with E-state index in [2.05, 4.69) is 19.9 Å². The summed E-state index contributed by atoms with van der Waals surface area (Å²) in [5.74, 6) is 0.904. The Labute approximate surface area is 73.7 Å². The summed E-state index contributed by atoms with van der Waals surface area (Å²) in [6.45, 7) is 4.18. The third-order valence-electron chi connectivity index (χ3n) is 1.57. The average molecular weight is 162 g/mol. The molecule has 0 aliphatic heterocycles. The zero-order valence-corrected chi connectivity index (χ0v) is 7.79. The lowest BCUT2D eigenvalue weighted by molar-refractivity contribution is 0.415. The zero-order valence-electron chi connectivity index (χ0n) is 7.79. The predicted molar refractivity (Wildman–Crippen MR) is 52.3 cm³/mol. The van der Waals surface area contributed by atoms with Gasteiger partial charge in [-0.3, -0.25) is 0 Å². The maximum absolute atomic E-state index is 5.05. The largest absolute Gasteiger partial charge is 0.497 e. The molecule has 0 unspecified atom stereocenters. The quantitative estimate of drug-likeness (QED) is 0.649. The summed E-state index contributed by atoms with van der Waals surface area (Å²) in [4.78, 5) is 0. The van der Waals surface area contributed by atoms with Crippen LogP contribution in [-0.4, -0.2) is 7.11 Å². The van der Waals surface area contributed by atoms with E-state index in [9.17, 15) is 0 Å². The molecule has 0 spiro atoms. The van der Waals surface area contributed by atoms with E-state index in [0.29, 0.717) is 0 Å². The highest BCUT2D eigenvalue weighted by Crippen LogP contribution is 2.13. The van der Waals surface area contributed by atoms with Crippen molar-refractivity contribution in [3.8, 4) is 5.75 Å². The minimum atomic E-state index is 0.904. The van der Waals surface area contributed by atoms with Crippen LogP contribution in [0.25, 0.3) is 6.08 Å². The molecular weight excluding hydrogens is 148 g/mol. The second kappa shape index (κ2) is 3.96. The molecule has 0 bridgehead atoms. The van der Waals surface area contributed by atoms with Gasteiger partial charge in [0.2, 0.25) is 0 Å². The van der Waals surface area contributed by atoms with Crippen LogP contribution in [0.4, 0.5) is 0 Å². The molecule has 64 valence electrons. The Kier molecular flexibility index (Phi) is 2.92. The van der Waals surface area contributed by atoms with Crippen molar-refractivity contribution in [3.63, 3.8) is 0 Å². The second-order valence-corrected chi connectivity index (χ2v) is 2.99. The summed E-state index contributed by atoms with van der Waals surface area (Å²) in [5, 5.41) is 0. The minimum absolute atomic E-state index is 0.904. The smallest absolute Gasteiger partial charge is 0.118 e. The van der Waals surface area contributed by atoms with E-state index in [1.54, 1.807) is 7.11 Å². The van der Waals surface area contributed by atoms with Gasteiger partial charge in [0, 0.05) is 0 Å². The Morgan fingerprint density at radius 3 is 2.17 bits per heavy atom. The lowest BCUT2D eigenvalue weighted by atomic mass is 10.1. The van der Waals surface area contributed by atoms with Gasteiger partial charge >= 0.3 is 0 Å². The molecule has 1 aromatic rings. The van der Waals surface area contributed by atoms with Crippen molar-refractivity contribution in [2.24, 2.45) is 0 Å².